The minimum Gasteiger partial charge on any atom is -0.328 e. The highest BCUT2D eigenvalue weighted by Crippen LogP contribution is 2.04. The van der Waals surface area contributed by atoms with Gasteiger partial charge in [-0.3, -0.25) is 0 Å². The van der Waals surface area contributed by atoms with Crippen LogP contribution in [0.5, 0.6) is 0 Å². The third-order valence-corrected chi connectivity index (χ3v) is 2.07. The van der Waals surface area contributed by atoms with Crippen LogP contribution < -0.4 is 11.1 Å². The molecule has 0 spiro atoms. The van der Waals surface area contributed by atoms with Crippen LogP contribution >= 0.6 is 0 Å². The molecule has 0 rings (SSSR count). The van der Waals surface area contributed by atoms with Crippen molar-refractivity contribution in [1.82, 2.24) is 5.32 Å². The lowest BCUT2D eigenvalue weighted by molar-refractivity contribution is 0.373. The summed E-state index contributed by atoms with van der Waals surface area (Å²) in [6.45, 7) is 6.35. The van der Waals surface area contributed by atoms with Gasteiger partial charge in [0.1, 0.15) is 0 Å². The highest BCUT2D eigenvalue weighted by Gasteiger charge is 2.12. The van der Waals surface area contributed by atoms with Crippen molar-refractivity contribution in [2.45, 2.75) is 32.9 Å². The number of hydrogen-bond donors (Lipinski definition) is 2. The van der Waals surface area contributed by atoms with E-state index in [9.17, 15) is 0 Å². The molecule has 3 atom stereocenters. The summed E-state index contributed by atoms with van der Waals surface area (Å²) in [6, 6.07) is 0.803. The van der Waals surface area contributed by atoms with Gasteiger partial charge >= 0.3 is 0 Å². The van der Waals surface area contributed by atoms with Crippen LogP contribution in [0.15, 0.2) is 0 Å². The maximum absolute atomic E-state index is 5.67. The van der Waals surface area contributed by atoms with E-state index in [0.29, 0.717) is 12.0 Å². The van der Waals surface area contributed by atoms with E-state index in [1.807, 2.05) is 14.0 Å². The van der Waals surface area contributed by atoms with Gasteiger partial charge in [-0.2, -0.15) is 0 Å². The Morgan fingerprint density at radius 2 is 1.67 bits per heavy atom. The highest BCUT2D eigenvalue weighted by molar-refractivity contribution is 4.73. The first-order valence-corrected chi connectivity index (χ1v) is 3.52. The van der Waals surface area contributed by atoms with Gasteiger partial charge in [-0.25, -0.2) is 0 Å². The van der Waals surface area contributed by atoms with E-state index < -0.39 is 0 Å². The van der Waals surface area contributed by atoms with Gasteiger partial charge in [0.05, 0.1) is 0 Å². The Bertz CT molecular complexity index is 71.3. The zero-order chi connectivity index (χ0) is 7.44. The fourth-order valence-electron chi connectivity index (χ4n) is 0.718. The van der Waals surface area contributed by atoms with Crippen molar-refractivity contribution in [2.24, 2.45) is 11.7 Å². The third-order valence-electron chi connectivity index (χ3n) is 2.07. The van der Waals surface area contributed by atoms with Crippen LogP contribution in [0.1, 0.15) is 20.8 Å². The Morgan fingerprint density at radius 3 is 1.78 bits per heavy atom. The van der Waals surface area contributed by atoms with Gasteiger partial charge < -0.3 is 11.1 Å². The number of nitrogens with one attached hydrogen (secondary N) is 1. The van der Waals surface area contributed by atoms with Crippen LogP contribution in [-0.2, 0) is 0 Å². The van der Waals surface area contributed by atoms with E-state index in [1.165, 1.54) is 0 Å². The summed E-state index contributed by atoms with van der Waals surface area (Å²) in [5.41, 5.74) is 5.67. The zero-order valence-corrected chi connectivity index (χ0v) is 6.81. The topological polar surface area (TPSA) is 38.0 Å². The smallest absolute Gasteiger partial charge is 0.00760 e. The lowest BCUT2D eigenvalue weighted by Gasteiger charge is -2.22. The van der Waals surface area contributed by atoms with Crippen LogP contribution in [0.3, 0.4) is 0 Å². The minimum atomic E-state index is 0.285. The molecule has 0 aliphatic heterocycles. The number of rotatable bonds is 3. The molecule has 0 aliphatic carbocycles. The van der Waals surface area contributed by atoms with Crippen molar-refractivity contribution in [3.05, 3.63) is 0 Å². The zero-order valence-electron chi connectivity index (χ0n) is 6.81. The molecule has 0 aromatic carbocycles. The van der Waals surface area contributed by atoms with Gasteiger partial charge in [0, 0.05) is 12.1 Å². The SMILES string of the molecule is CNC(C)[C@H](C)[C@H](C)N. The second kappa shape index (κ2) is 3.85. The molecule has 0 amide bonds. The van der Waals surface area contributed by atoms with E-state index in [1.54, 1.807) is 0 Å². The minimum absolute atomic E-state index is 0.285. The summed E-state index contributed by atoms with van der Waals surface area (Å²) >= 11 is 0. The standard InChI is InChI=1S/C7H18N2/c1-5(6(2)8)7(3)9-4/h5-7,9H,8H2,1-4H3/t5-,6+,7?/m1/s1. The molecular weight excluding hydrogens is 112 g/mol. The van der Waals surface area contributed by atoms with E-state index in [0.717, 1.165) is 0 Å². The monoisotopic (exact) mass is 130 g/mol. The predicted molar refractivity (Wildman–Crippen MR) is 41.3 cm³/mol. The van der Waals surface area contributed by atoms with Crippen molar-refractivity contribution in [2.75, 3.05) is 7.05 Å². The van der Waals surface area contributed by atoms with E-state index in [-0.39, 0.29) is 6.04 Å². The first-order chi connectivity index (χ1) is 4.09. The second-order valence-electron chi connectivity index (χ2n) is 2.80. The van der Waals surface area contributed by atoms with Gasteiger partial charge in [0.25, 0.3) is 0 Å². The fourth-order valence-corrected chi connectivity index (χ4v) is 0.718. The Kier molecular flexibility index (Phi) is 3.82. The number of hydrogen-bond acceptors (Lipinski definition) is 2. The summed E-state index contributed by atoms with van der Waals surface area (Å²) < 4.78 is 0. The predicted octanol–water partition coefficient (Wildman–Crippen LogP) is 0.578. The van der Waals surface area contributed by atoms with E-state index >= 15 is 0 Å². The van der Waals surface area contributed by atoms with Crippen LogP contribution in [0.4, 0.5) is 0 Å². The lowest BCUT2D eigenvalue weighted by Crippen LogP contribution is -2.38. The molecule has 3 N–H and O–H groups in total. The van der Waals surface area contributed by atoms with Crippen LogP contribution in [0, 0.1) is 5.92 Å². The first-order valence-electron chi connectivity index (χ1n) is 3.52. The van der Waals surface area contributed by atoms with Crippen LogP contribution in [0.2, 0.25) is 0 Å². The largest absolute Gasteiger partial charge is 0.328 e. The summed E-state index contributed by atoms with van der Waals surface area (Å²) in [7, 11) is 1.96. The van der Waals surface area contributed by atoms with Gasteiger partial charge in [-0.15, -0.1) is 0 Å². The molecule has 0 saturated heterocycles. The molecule has 0 heterocycles. The summed E-state index contributed by atoms with van der Waals surface area (Å²) in [4.78, 5) is 0. The van der Waals surface area contributed by atoms with Crippen LogP contribution in [0.25, 0.3) is 0 Å². The van der Waals surface area contributed by atoms with Gasteiger partial charge in [-0.1, -0.05) is 6.92 Å². The molecule has 0 radical (unpaired) electrons. The average Bonchev–Trinajstić information content (AvgIpc) is 1.84. The van der Waals surface area contributed by atoms with Crippen molar-refractivity contribution in [3.8, 4) is 0 Å². The Morgan fingerprint density at radius 1 is 1.22 bits per heavy atom. The molecule has 0 aromatic rings. The van der Waals surface area contributed by atoms with Gasteiger partial charge in [0.2, 0.25) is 0 Å². The van der Waals surface area contributed by atoms with E-state index in [4.69, 9.17) is 5.73 Å². The maximum Gasteiger partial charge on any atom is 0.00760 e. The number of nitrogens with two attached hydrogens (primary N) is 1. The third kappa shape index (κ3) is 2.82. The normalized spacial score (nSPS) is 21.0. The molecule has 0 bridgehead atoms. The molecule has 2 heteroatoms. The molecule has 1 unspecified atom stereocenters. The molecular formula is C7H18N2. The maximum atomic E-state index is 5.67. The Hall–Kier alpha value is -0.0800. The quantitative estimate of drug-likeness (QED) is 0.586. The van der Waals surface area contributed by atoms with Gasteiger partial charge in [0.15, 0.2) is 0 Å². The summed E-state index contributed by atoms with van der Waals surface area (Å²) in [5, 5.41) is 3.17. The second-order valence-corrected chi connectivity index (χ2v) is 2.80. The van der Waals surface area contributed by atoms with Crippen molar-refractivity contribution in [3.63, 3.8) is 0 Å². The van der Waals surface area contributed by atoms with Crippen molar-refractivity contribution < 1.29 is 0 Å². The van der Waals surface area contributed by atoms with Gasteiger partial charge in [-0.05, 0) is 26.8 Å². The lowest BCUT2D eigenvalue weighted by atomic mass is 9.97. The van der Waals surface area contributed by atoms with Crippen molar-refractivity contribution in [1.29, 1.82) is 0 Å². The highest BCUT2D eigenvalue weighted by atomic mass is 14.9. The molecule has 0 fully saturated rings. The molecule has 56 valence electrons. The van der Waals surface area contributed by atoms with Crippen LogP contribution in [-0.4, -0.2) is 19.1 Å². The molecule has 9 heavy (non-hydrogen) atoms. The molecule has 0 aromatic heterocycles. The van der Waals surface area contributed by atoms with E-state index in [2.05, 4.69) is 19.2 Å². The Labute approximate surface area is 57.8 Å². The molecule has 0 aliphatic rings. The molecule has 2 nitrogen and oxygen atoms in total. The fraction of sp³-hybridized carbons (Fsp3) is 1.00. The average molecular weight is 130 g/mol. The first kappa shape index (κ1) is 8.92. The summed E-state index contributed by atoms with van der Waals surface area (Å²) in [5.74, 6) is 0.551. The molecule has 0 saturated carbocycles. The van der Waals surface area contributed by atoms with Crippen molar-refractivity contribution >= 4 is 0 Å². The Balaban J connectivity index is 3.58. The summed E-state index contributed by atoms with van der Waals surface area (Å²) in [6.07, 6.45) is 0.